The Balaban J connectivity index is 2.22. The summed E-state index contributed by atoms with van der Waals surface area (Å²) in [6.07, 6.45) is 3.66. The molecule has 0 unspecified atom stereocenters. The van der Waals surface area contributed by atoms with Crippen molar-refractivity contribution in [1.29, 1.82) is 0 Å². The predicted molar refractivity (Wildman–Crippen MR) is 71.0 cm³/mol. The van der Waals surface area contributed by atoms with Crippen molar-refractivity contribution in [3.8, 4) is 10.7 Å². The molecule has 0 radical (unpaired) electrons. The largest absolute Gasteiger partial charge is 0.332 e. The van der Waals surface area contributed by atoms with Gasteiger partial charge in [-0.2, -0.15) is 0 Å². The van der Waals surface area contributed by atoms with Crippen molar-refractivity contribution >= 4 is 11.3 Å². The summed E-state index contributed by atoms with van der Waals surface area (Å²) in [6, 6.07) is 0.497. The van der Waals surface area contributed by atoms with Crippen molar-refractivity contribution in [2.75, 3.05) is 0 Å². The van der Waals surface area contributed by atoms with Crippen LogP contribution < -0.4 is 5.32 Å². The number of hydrogen-bond donors (Lipinski definition) is 1. The second-order valence-electron chi connectivity index (χ2n) is 4.45. The van der Waals surface area contributed by atoms with Crippen molar-refractivity contribution in [3.63, 3.8) is 0 Å². The molecule has 0 saturated carbocycles. The van der Waals surface area contributed by atoms with Crippen molar-refractivity contribution in [1.82, 2.24) is 19.9 Å². The molecule has 17 heavy (non-hydrogen) atoms. The van der Waals surface area contributed by atoms with E-state index in [0.29, 0.717) is 6.04 Å². The van der Waals surface area contributed by atoms with Crippen LogP contribution in [-0.2, 0) is 13.6 Å². The first-order valence-corrected chi connectivity index (χ1v) is 6.56. The zero-order chi connectivity index (χ0) is 12.4. The van der Waals surface area contributed by atoms with Crippen molar-refractivity contribution in [2.45, 2.75) is 33.4 Å². The minimum absolute atomic E-state index is 0.497. The third kappa shape index (κ3) is 2.73. The molecule has 0 spiro atoms. The van der Waals surface area contributed by atoms with Gasteiger partial charge >= 0.3 is 0 Å². The quantitative estimate of drug-likeness (QED) is 0.905. The lowest BCUT2D eigenvalue weighted by Gasteiger charge is -2.05. The van der Waals surface area contributed by atoms with Gasteiger partial charge in [0.1, 0.15) is 5.01 Å². The molecule has 0 aliphatic carbocycles. The van der Waals surface area contributed by atoms with E-state index in [1.807, 2.05) is 17.8 Å². The number of nitrogens with one attached hydrogen (secondary N) is 1. The average molecular weight is 250 g/mol. The molecule has 2 rings (SSSR count). The molecule has 92 valence electrons. The Bertz CT molecular complexity index is 498. The van der Waals surface area contributed by atoms with E-state index in [2.05, 4.69) is 36.1 Å². The molecule has 0 atom stereocenters. The maximum Gasteiger partial charge on any atom is 0.142 e. The number of hydrogen-bond acceptors (Lipinski definition) is 4. The molecule has 0 saturated heterocycles. The monoisotopic (exact) mass is 250 g/mol. The van der Waals surface area contributed by atoms with Crippen LogP contribution in [0.5, 0.6) is 0 Å². The maximum atomic E-state index is 4.61. The predicted octanol–water partition coefficient (Wildman–Crippen LogP) is 2.35. The van der Waals surface area contributed by atoms with Gasteiger partial charge < -0.3 is 9.88 Å². The fraction of sp³-hybridized carbons (Fsp3) is 0.500. The second kappa shape index (κ2) is 4.98. The molecule has 0 aliphatic rings. The van der Waals surface area contributed by atoms with E-state index in [-0.39, 0.29) is 0 Å². The summed E-state index contributed by atoms with van der Waals surface area (Å²) in [5.74, 6) is 0. The molecule has 0 aliphatic heterocycles. The number of rotatable bonds is 4. The highest BCUT2D eigenvalue weighted by Gasteiger charge is 2.11. The summed E-state index contributed by atoms with van der Waals surface area (Å²) < 4.78 is 2.00. The van der Waals surface area contributed by atoms with Gasteiger partial charge in [-0.15, -0.1) is 11.3 Å². The molecule has 2 aromatic rings. The zero-order valence-corrected chi connectivity index (χ0v) is 11.5. The zero-order valence-electron chi connectivity index (χ0n) is 10.7. The molecular formula is C12H18N4S. The highest BCUT2D eigenvalue weighted by molar-refractivity contribution is 7.15. The van der Waals surface area contributed by atoms with Crippen LogP contribution in [0.3, 0.4) is 0 Å². The normalized spacial score (nSPS) is 11.4. The molecule has 0 bridgehead atoms. The first-order chi connectivity index (χ1) is 8.08. The maximum absolute atomic E-state index is 4.61. The Morgan fingerprint density at radius 3 is 2.82 bits per heavy atom. The van der Waals surface area contributed by atoms with Crippen LogP contribution in [0, 0.1) is 6.92 Å². The number of aryl methyl sites for hydroxylation is 2. The van der Waals surface area contributed by atoms with Gasteiger partial charge in [0.25, 0.3) is 0 Å². The van der Waals surface area contributed by atoms with Gasteiger partial charge in [0.05, 0.1) is 23.9 Å². The van der Waals surface area contributed by atoms with E-state index in [0.717, 1.165) is 22.9 Å². The van der Waals surface area contributed by atoms with Gasteiger partial charge in [0.15, 0.2) is 0 Å². The molecule has 2 aromatic heterocycles. The fourth-order valence-electron chi connectivity index (χ4n) is 1.56. The molecule has 5 heteroatoms. The molecule has 0 aromatic carbocycles. The Morgan fingerprint density at radius 1 is 1.47 bits per heavy atom. The number of thiazole rings is 1. The standard InChI is InChI=1S/C12H18N4S/c1-8(2)14-6-11-9(3)15-12(17-11)10-5-13-7-16(10)4/h5,7-8,14H,6H2,1-4H3. The third-order valence-electron chi connectivity index (χ3n) is 2.60. The smallest absolute Gasteiger partial charge is 0.142 e. The van der Waals surface area contributed by atoms with E-state index in [1.54, 1.807) is 17.7 Å². The fourth-order valence-corrected chi connectivity index (χ4v) is 2.63. The first-order valence-electron chi connectivity index (χ1n) is 5.74. The Labute approximate surface area is 106 Å². The van der Waals surface area contributed by atoms with Crippen LogP contribution in [-0.4, -0.2) is 20.6 Å². The third-order valence-corrected chi connectivity index (χ3v) is 3.78. The van der Waals surface area contributed by atoms with Gasteiger partial charge in [-0.05, 0) is 6.92 Å². The van der Waals surface area contributed by atoms with Gasteiger partial charge in [-0.3, -0.25) is 0 Å². The molecule has 0 amide bonds. The van der Waals surface area contributed by atoms with Crippen LogP contribution >= 0.6 is 11.3 Å². The SMILES string of the molecule is Cc1nc(-c2cncn2C)sc1CNC(C)C. The van der Waals surface area contributed by atoms with Gasteiger partial charge in [-0.25, -0.2) is 9.97 Å². The van der Waals surface area contributed by atoms with Gasteiger partial charge in [-0.1, -0.05) is 13.8 Å². The summed E-state index contributed by atoms with van der Waals surface area (Å²) in [6.45, 7) is 7.25. The Morgan fingerprint density at radius 2 is 2.24 bits per heavy atom. The van der Waals surface area contributed by atoms with Crippen LogP contribution in [0.25, 0.3) is 10.7 Å². The summed E-state index contributed by atoms with van der Waals surface area (Å²) in [4.78, 5) is 10.0. The second-order valence-corrected chi connectivity index (χ2v) is 5.54. The summed E-state index contributed by atoms with van der Waals surface area (Å²) in [5.41, 5.74) is 2.19. The lowest BCUT2D eigenvalue weighted by Crippen LogP contribution is -2.21. The minimum atomic E-state index is 0.497. The van der Waals surface area contributed by atoms with E-state index in [9.17, 15) is 0 Å². The highest BCUT2D eigenvalue weighted by atomic mass is 32.1. The lowest BCUT2D eigenvalue weighted by atomic mass is 10.3. The minimum Gasteiger partial charge on any atom is -0.332 e. The van der Waals surface area contributed by atoms with E-state index < -0.39 is 0 Å². The average Bonchev–Trinajstić information content (AvgIpc) is 2.82. The van der Waals surface area contributed by atoms with Gasteiger partial charge in [0, 0.05) is 24.5 Å². The van der Waals surface area contributed by atoms with Crippen LogP contribution in [0.15, 0.2) is 12.5 Å². The molecule has 0 fully saturated rings. The van der Waals surface area contributed by atoms with Crippen molar-refractivity contribution in [2.24, 2.45) is 7.05 Å². The first kappa shape index (κ1) is 12.3. The van der Waals surface area contributed by atoms with E-state index in [4.69, 9.17) is 0 Å². The molecular weight excluding hydrogens is 232 g/mol. The van der Waals surface area contributed by atoms with Crippen LogP contribution in [0.2, 0.25) is 0 Å². The molecule has 4 nitrogen and oxygen atoms in total. The summed E-state index contributed by atoms with van der Waals surface area (Å²) >= 11 is 1.74. The van der Waals surface area contributed by atoms with E-state index in [1.165, 1.54) is 4.88 Å². The van der Waals surface area contributed by atoms with Crippen molar-refractivity contribution < 1.29 is 0 Å². The number of imidazole rings is 1. The lowest BCUT2D eigenvalue weighted by molar-refractivity contribution is 0.591. The Hall–Kier alpha value is -1.20. The number of nitrogens with zero attached hydrogens (tertiary/aromatic N) is 3. The number of aromatic nitrogens is 3. The Kier molecular flexibility index (Phi) is 3.59. The summed E-state index contributed by atoms with van der Waals surface area (Å²) in [5, 5.41) is 4.47. The van der Waals surface area contributed by atoms with E-state index >= 15 is 0 Å². The highest BCUT2D eigenvalue weighted by Crippen LogP contribution is 2.27. The van der Waals surface area contributed by atoms with Gasteiger partial charge in [0.2, 0.25) is 0 Å². The molecule has 1 N–H and O–H groups in total. The van der Waals surface area contributed by atoms with Crippen LogP contribution in [0.1, 0.15) is 24.4 Å². The van der Waals surface area contributed by atoms with Crippen LogP contribution in [0.4, 0.5) is 0 Å². The van der Waals surface area contributed by atoms with Crippen molar-refractivity contribution in [3.05, 3.63) is 23.1 Å². The molecule has 2 heterocycles. The summed E-state index contributed by atoms with van der Waals surface area (Å²) in [7, 11) is 1.99. The topological polar surface area (TPSA) is 42.7 Å².